The van der Waals surface area contributed by atoms with E-state index in [1.54, 1.807) is 31.2 Å². The number of nitriles is 1. The third-order valence-corrected chi connectivity index (χ3v) is 2.51. The van der Waals surface area contributed by atoms with Crippen LogP contribution >= 0.6 is 0 Å². The molecule has 0 saturated carbocycles. The molecule has 0 saturated heterocycles. The van der Waals surface area contributed by atoms with Crippen molar-refractivity contribution < 1.29 is 5.11 Å². The van der Waals surface area contributed by atoms with Crippen LogP contribution < -0.4 is 5.56 Å². The fourth-order valence-corrected chi connectivity index (χ4v) is 1.74. The Labute approximate surface area is 92.0 Å². The van der Waals surface area contributed by atoms with Crippen LogP contribution in [0, 0.1) is 11.3 Å². The van der Waals surface area contributed by atoms with Gasteiger partial charge >= 0.3 is 0 Å². The summed E-state index contributed by atoms with van der Waals surface area (Å²) in [5.41, 5.74) is 0.201. The first-order valence-corrected chi connectivity index (χ1v) is 4.88. The Hall–Kier alpha value is -2.28. The molecule has 0 aliphatic heterocycles. The smallest absolute Gasteiger partial charge is 0.255 e. The van der Waals surface area contributed by atoms with Crippen LogP contribution in [0.3, 0.4) is 0 Å². The van der Waals surface area contributed by atoms with E-state index in [0.717, 1.165) is 6.07 Å². The maximum atomic E-state index is 11.7. The minimum Gasteiger partial charge on any atom is -0.507 e. The normalized spacial score (nSPS) is 12.2. The Morgan fingerprint density at radius 1 is 1.44 bits per heavy atom. The zero-order valence-electron chi connectivity index (χ0n) is 8.71. The molecule has 1 atom stereocenters. The van der Waals surface area contributed by atoms with Crippen LogP contribution in [0.5, 0.6) is 5.75 Å². The van der Waals surface area contributed by atoms with E-state index < -0.39 is 6.04 Å². The van der Waals surface area contributed by atoms with E-state index in [4.69, 9.17) is 5.26 Å². The Kier molecular flexibility index (Phi) is 2.37. The number of fused-ring (bicyclic) bond motifs is 1. The van der Waals surface area contributed by atoms with Crippen molar-refractivity contribution >= 4 is 10.9 Å². The molecule has 2 rings (SSSR count). The third-order valence-electron chi connectivity index (χ3n) is 2.51. The highest BCUT2D eigenvalue weighted by molar-refractivity contribution is 5.85. The molecule has 0 aliphatic carbocycles. The molecule has 1 N–H and O–H groups in total. The monoisotopic (exact) mass is 214 g/mol. The Morgan fingerprint density at radius 3 is 2.81 bits per heavy atom. The van der Waals surface area contributed by atoms with E-state index >= 15 is 0 Å². The van der Waals surface area contributed by atoms with Crippen LogP contribution in [0.2, 0.25) is 0 Å². The average Bonchev–Trinajstić information content (AvgIpc) is 2.28. The van der Waals surface area contributed by atoms with Crippen molar-refractivity contribution in [3.8, 4) is 11.8 Å². The zero-order valence-corrected chi connectivity index (χ0v) is 8.71. The summed E-state index contributed by atoms with van der Waals surface area (Å²) in [5, 5.41) is 19.1. The molecule has 0 radical (unpaired) electrons. The van der Waals surface area contributed by atoms with Gasteiger partial charge in [-0.25, -0.2) is 0 Å². The van der Waals surface area contributed by atoms with Crippen molar-refractivity contribution in [1.82, 2.24) is 4.57 Å². The molecule has 1 heterocycles. The second-order valence-corrected chi connectivity index (χ2v) is 3.56. The van der Waals surface area contributed by atoms with Crippen molar-refractivity contribution in [2.75, 3.05) is 0 Å². The van der Waals surface area contributed by atoms with Crippen LogP contribution in [-0.2, 0) is 0 Å². The van der Waals surface area contributed by atoms with E-state index in [1.165, 1.54) is 4.57 Å². The summed E-state index contributed by atoms with van der Waals surface area (Å²) in [5.74, 6) is -0.0537. The van der Waals surface area contributed by atoms with Crippen LogP contribution in [-0.4, -0.2) is 9.67 Å². The number of aromatic hydroxyl groups is 1. The first-order chi connectivity index (χ1) is 7.65. The summed E-state index contributed by atoms with van der Waals surface area (Å²) in [6.45, 7) is 1.64. The average molecular weight is 214 g/mol. The summed E-state index contributed by atoms with van der Waals surface area (Å²) in [6, 6.07) is 9.56. The Morgan fingerprint density at radius 2 is 2.12 bits per heavy atom. The van der Waals surface area contributed by atoms with E-state index in [-0.39, 0.29) is 11.3 Å². The molecule has 2 aromatic rings. The van der Waals surface area contributed by atoms with E-state index in [1.807, 2.05) is 6.07 Å². The van der Waals surface area contributed by atoms with Crippen LogP contribution in [0.4, 0.5) is 0 Å². The summed E-state index contributed by atoms with van der Waals surface area (Å²) >= 11 is 0. The van der Waals surface area contributed by atoms with Crippen molar-refractivity contribution in [2.24, 2.45) is 0 Å². The lowest BCUT2D eigenvalue weighted by Crippen LogP contribution is -2.21. The lowest BCUT2D eigenvalue weighted by atomic mass is 10.2. The predicted octanol–water partition coefficient (Wildman–Crippen LogP) is 1.79. The molecule has 0 spiro atoms. The largest absolute Gasteiger partial charge is 0.507 e. The number of benzene rings is 1. The maximum absolute atomic E-state index is 11.7. The van der Waals surface area contributed by atoms with Gasteiger partial charge in [0.2, 0.25) is 0 Å². The standard InChI is InChI=1S/C12H10N2O2/c1-8(7-13)14-10-5-3-2-4-9(10)11(15)6-12(14)16/h2-6,8,15H,1H3. The predicted molar refractivity (Wildman–Crippen MR) is 60.2 cm³/mol. The van der Waals surface area contributed by atoms with Crippen molar-refractivity contribution in [2.45, 2.75) is 13.0 Å². The van der Waals surface area contributed by atoms with Gasteiger partial charge in [0.1, 0.15) is 11.8 Å². The van der Waals surface area contributed by atoms with Gasteiger partial charge in [0.25, 0.3) is 5.56 Å². The molecular weight excluding hydrogens is 204 g/mol. The molecule has 4 heteroatoms. The van der Waals surface area contributed by atoms with Gasteiger partial charge < -0.3 is 5.11 Å². The van der Waals surface area contributed by atoms with Gasteiger partial charge in [-0.1, -0.05) is 12.1 Å². The number of rotatable bonds is 1. The van der Waals surface area contributed by atoms with E-state index in [2.05, 4.69) is 0 Å². The van der Waals surface area contributed by atoms with Gasteiger partial charge in [-0.05, 0) is 19.1 Å². The molecular formula is C12H10N2O2. The molecule has 0 bridgehead atoms. The number of pyridine rings is 1. The van der Waals surface area contributed by atoms with Crippen molar-refractivity contribution in [3.63, 3.8) is 0 Å². The van der Waals surface area contributed by atoms with Crippen molar-refractivity contribution in [3.05, 3.63) is 40.7 Å². The number of hydrogen-bond donors (Lipinski definition) is 1. The van der Waals surface area contributed by atoms with Crippen LogP contribution in [0.15, 0.2) is 35.1 Å². The summed E-state index contributed by atoms with van der Waals surface area (Å²) in [7, 11) is 0. The molecule has 1 aromatic heterocycles. The second kappa shape index (κ2) is 3.70. The first-order valence-electron chi connectivity index (χ1n) is 4.88. The Balaban J connectivity index is 2.94. The molecule has 0 fully saturated rings. The molecule has 0 aliphatic rings. The van der Waals surface area contributed by atoms with Gasteiger partial charge in [-0.15, -0.1) is 0 Å². The zero-order chi connectivity index (χ0) is 11.7. The molecule has 1 unspecified atom stereocenters. The van der Waals surface area contributed by atoms with Crippen molar-refractivity contribution in [1.29, 1.82) is 5.26 Å². The quantitative estimate of drug-likeness (QED) is 0.787. The van der Waals surface area contributed by atoms with Crippen LogP contribution in [0.25, 0.3) is 10.9 Å². The third kappa shape index (κ3) is 1.43. The van der Waals surface area contributed by atoms with Gasteiger partial charge in [0.05, 0.1) is 11.6 Å². The number of nitrogens with zero attached hydrogens (tertiary/aromatic N) is 2. The fraction of sp³-hybridized carbons (Fsp3) is 0.167. The van der Waals surface area contributed by atoms with Gasteiger partial charge in [-0.2, -0.15) is 5.26 Å². The highest BCUT2D eigenvalue weighted by Gasteiger charge is 2.11. The number of hydrogen-bond acceptors (Lipinski definition) is 3. The highest BCUT2D eigenvalue weighted by atomic mass is 16.3. The van der Waals surface area contributed by atoms with E-state index in [0.29, 0.717) is 10.9 Å². The molecule has 4 nitrogen and oxygen atoms in total. The minimum absolute atomic E-state index is 0.0537. The maximum Gasteiger partial charge on any atom is 0.255 e. The first kappa shape index (κ1) is 10.2. The number of aromatic nitrogens is 1. The topological polar surface area (TPSA) is 66.0 Å². The summed E-state index contributed by atoms with van der Waals surface area (Å²) < 4.78 is 1.37. The number of para-hydroxylation sites is 1. The van der Waals surface area contributed by atoms with Crippen LogP contribution in [0.1, 0.15) is 13.0 Å². The minimum atomic E-state index is -0.557. The molecule has 0 amide bonds. The van der Waals surface area contributed by atoms with Gasteiger partial charge in [0.15, 0.2) is 0 Å². The van der Waals surface area contributed by atoms with E-state index in [9.17, 15) is 9.90 Å². The fourth-order valence-electron chi connectivity index (χ4n) is 1.74. The lowest BCUT2D eigenvalue weighted by Gasteiger charge is -2.12. The lowest BCUT2D eigenvalue weighted by molar-refractivity contribution is 0.478. The molecule has 16 heavy (non-hydrogen) atoms. The highest BCUT2D eigenvalue weighted by Crippen LogP contribution is 2.23. The second-order valence-electron chi connectivity index (χ2n) is 3.56. The molecule has 1 aromatic carbocycles. The molecule has 80 valence electrons. The van der Waals surface area contributed by atoms with Gasteiger partial charge in [-0.3, -0.25) is 9.36 Å². The summed E-state index contributed by atoms with van der Waals surface area (Å²) in [6.07, 6.45) is 0. The SMILES string of the molecule is CC(C#N)n1c(=O)cc(O)c2ccccc21. The Bertz CT molecular complexity index is 637. The summed E-state index contributed by atoms with van der Waals surface area (Å²) in [4.78, 5) is 11.7. The van der Waals surface area contributed by atoms with Gasteiger partial charge in [0, 0.05) is 11.5 Å².